The minimum atomic E-state index is -0.368. The van der Waals surface area contributed by atoms with E-state index in [0.29, 0.717) is 11.4 Å². The highest BCUT2D eigenvalue weighted by molar-refractivity contribution is 5.59. The lowest BCUT2D eigenvalue weighted by Gasteiger charge is -2.08. The lowest BCUT2D eigenvalue weighted by Crippen LogP contribution is -2.07. The number of nitro groups is 1. The largest absolute Gasteiger partial charge is 0.364 e. The van der Waals surface area contributed by atoms with Gasteiger partial charge in [0.1, 0.15) is 0 Å². The number of anilines is 1. The number of aromatic nitrogens is 1. The molecule has 0 aliphatic carbocycles. The molecule has 0 atom stereocenters. The number of nitrogens with zero attached hydrogens (tertiary/aromatic N) is 2. The van der Waals surface area contributed by atoms with Gasteiger partial charge in [0.15, 0.2) is 0 Å². The van der Waals surface area contributed by atoms with Crippen molar-refractivity contribution >= 4 is 11.5 Å². The Morgan fingerprint density at radius 1 is 1.30 bits per heavy atom. The minimum absolute atomic E-state index is 0.0901. The van der Waals surface area contributed by atoms with Gasteiger partial charge in [-0.2, -0.15) is 0 Å². The zero-order valence-corrected chi connectivity index (χ0v) is 12.7. The molecule has 20 heavy (non-hydrogen) atoms. The van der Waals surface area contributed by atoms with Crippen LogP contribution in [-0.4, -0.2) is 16.5 Å². The van der Waals surface area contributed by atoms with E-state index in [-0.39, 0.29) is 10.6 Å². The summed E-state index contributed by atoms with van der Waals surface area (Å²) in [7, 11) is 0. The van der Waals surface area contributed by atoms with Crippen LogP contribution in [0, 0.1) is 23.0 Å². The second-order valence-electron chi connectivity index (χ2n) is 5.61. The van der Waals surface area contributed by atoms with Crippen LogP contribution in [0.2, 0.25) is 0 Å². The molecule has 0 spiro atoms. The third-order valence-corrected chi connectivity index (χ3v) is 3.31. The number of nitrogens with one attached hydrogen (secondary N) is 1. The number of aryl methyl sites for hydroxylation is 1. The van der Waals surface area contributed by atoms with E-state index in [1.807, 2.05) is 0 Å². The van der Waals surface area contributed by atoms with Crippen molar-refractivity contribution in [1.29, 1.82) is 0 Å². The molecule has 0 amide bonds. The Bertz CT molecular complexity index is 433. The maximum atomic E-state index is 11.0. The molecule has 1 aromatic heterocycles. The van der Waals surface area contributed by atoms with Gasteiger partial charge in [-0.1, -0.05) is 39.5 Å². The quantitative estimate of drug-likeness (QED) is 0.415. The van der Waals surface area contributed by atoms with Gasteiger partial charge in [0, 0.05) is 18.3 Å². The van der Waals surface area contributed by atoms with E-state index in [0.717, 1.165) is 25.3 Å². The summed E-state index contributed by atoms with van der Waals surface area (Å²) in [5.41, 5.74) is 0.733. The fourth-order valence-electron chi connectivity index (χ4n) is 2.15. The fraction of sp³-hybridized carbons (Fsp3) is 0.667. The summed E-state index contributed by atoms with van der Waals surface area (Å²) in [5.74, 6) is 1.16. The van der Waals surface area contributed by atoms with Gasteiger partial charge in [0.2, 0.25) is 5.82 Å². The molecule has 1 heterocycles. The summed E-state index contributed by atoms with van der Waals surface area (Å²) in [5, 5.41) is 14.1. The molecular formula is C15H25N3O2. The van der Waals surface area contributed by atoms with Crippen LogP contribution < -0.4 is 5.32 Å². The Morgan fingerprint density at radius 2 is 2.00 bits per heavy atom. The van der Waals surface area contributed by atoms with E-state index >= 15 is 0 Å². The summed E-state index contributed by atoms with van der Waals surface area (Å²) in [6, 6.07) is 1.66. The first-order valence-corrected chi connectivity index (χ1v) is 7.36. The van der Waals surface area contributed by atoms with Crippen molar-refractivity contribution in [3.8, 4) is 0 Å². The first kappa shape index (κ1) is 16.4. The predicted molar refractivity (Wildman–Crippen MR) is 82.0 cm³/mol. The molecule has 112 valence electrons. The molecule has 0 bridgehead atoms. The molecule has 5 heteroatoms. The van der Waals surface area contributed by atoms with Gasteiger partial charge < -0.3 is 5.32 Å². The van der Waals surface area contributed by atoms with E-state index in [9.17, 15) is 10.1 Å². The van der Waals surface area contributed by atoms with Crippen LogP contribution in [0.15, 0.2) is 12.3 Å². The summed E-state index contributed by atoms with van der Waals surface area (Å²) in [6.07, 6.45) is 7.54. The Morgan fingerprint density at radius 3 is 2.65 bits per heavy atom. The zero-order valence-electron chi connectivity index (χ0n) is 12.7. The molecule has 0 fully saturated rings. The summed E-state index contributed by atoms with van der Waals surface area (Å²) in [4.78, 5) is 14.7. The third-order valence-electron chi connectivity index (χ3n) is 3.31. The van der Waals surface area contributed by atoms with Crippen molar-refractivity contribution in [2.75, 3.05) is 11.9 Å². The van der Waals surface area contributed by atoms with Crippen LogP contribution in [0.5, 0.6) is 0 Å². The predicted octanol–water partition coefficient (Wildman–Crippen LogP) is 4.32. The van der Waals surface area contributed by atoms with Gasteiger partial charge in [-0.05, 0) is 25.3 Å². The van der Waals surface area contributed by atoms with Gasteiger partial charge in [0.05, 0.1) is 4.92 Å². The number of unbranched alkanes of at least 4 members (excludes halogenated alkanes) is 3. The molecule has 1 aromatic rings. The first-order chi connectivity index (χ1) is 9.52. The molecule has 0 unspecified atom stereocenters. The fourth-order valence-corrected chi connectivity index (χ4v) is 2.15. The van der Waals surface area contributed by atoms with Crippen molar-refractivity contribution in [2.45, 2.75) is 52.9 Å². The van der Waals surface area contributed by atoms with Crippen molar-refractivity contribution in [3.63, 3.8) is 0 Å². The SMILES string of the molecule is Cc1ccnc(NCCCCCCC(C)C)c1[N+](=O)[O-]. The molecule has 0 radical (unpaired) electrons. The third kappa shape index (κ3) is 5.55. The smallest absolute Gasteiger partial charge is 0.314 e. The number of rotatable bonds is 9. The van der Waals surface area contributed by atoms with Crippen LogP contribution >= 0.6 is 0 Å². The maximum Gasteiger partial charge on any atom is 0.314 e. The minimum Gasteiger partial charge on any atom is -0.364 e. The van der Waals surface area contributed by atoms with Crippen LogP contribution in [0.3, 0.4) is 0 Å². The molecule has 0 saturated carbocycles. The lowest BCUT2D eigenvalue weighted by atomic mass is 10.0. The Balaban J connectivity index is 2.32. The summed E-state index contributed by atoms with van der Waals surface area (Å²) >= 11 is 0. The summed E-state index contributed by atoms with van der Waals surface area (Å²) in [6.45, 7) is 6.95. The van der Waals surface area contributed by atoms with Gasteiger partial charge in [-0.15, -0.1) is 0 Å². The Kier molecular flexibility index (Phi) is 6.98. The second-order valence-corrected chi connectivity index (χ2v) is 5.61. The second kappa shape index (κ2) is 8.51. The maximum absolute atomic E-state index is 11.0. The summed E-state index contributed by atoms with van der Waals surface area (Å²) < 4.78 is 0. The van der Waals surface area contributed by atoms with Gasteiger partial charge in [-0.25, -0.2) is 4.98 Å². The molecule has 0 aliphatic heterocycles. The van der Waals surface area contributed by atoms with Gasteiger partial charge >= 0.3 is 5.69 Å². The van der Waals surface area contributed by atoms with Gasteiger partial charge in [0.25, 0.3) is 0 Å². The molecule has 1 rings (SSSR count). The normalized spacial score (nSPS) is 10.8. The molecular weight excluding hydrogens is 254 g/mol. The number of hydrogen-bond acceptors (Lipinski definition) is 4. The highest BCUT2D eigenvalue weighted by Gasteiger charge is 2.17. The highest BCUT2D eigenvalue weighted by atomic mass is 16.6. The average molecular weight is 279 g/mol. The molecule has 0 saturated heterocycles. The average Bonchev–Trinajstić information content (AvgIpc) is 2.36. The van der Waals surface area contributed by atoms with E-state index in [1.165, 1.54) is 19.3 Å². The Hall–Kier alpha value is -1.65. The first-order valence-electron chi connectivity index (χ1n) is 7.36. The highest BCUT2D eigenvalue weighted by Crippen LogP contribution is 2.25. The van der Waals surface area contributed by atoms with Crippen LogP contribution in [0.4, 0.5) is 11.5 Å². The van der Waals surface area contributed by atoms with E-state index in [1.54, 1.807) is 19.2 Å². The van der Waals surface area contributed by atoms with Crippen molar-refractivity contribution in [2.24, 2.45) is 5.92 Å². The van der Waals surface area contributed by atoms with Gasteiger partial charge in [-0.3, -0.25) is 10.1 Å². The molecule has 5 nitrogen and oxygen atoms in total. The topological polar surface area (TPSA) is 68.1 Å². The van der Waals surface area contributed by atoms with E-state index in [2.05, 4.69) is 24.1 Å². The van der Waals surface area contributed by atoms with Crippen molar-refractivity contribution < 1.29 is 4.92 Å². The van der Waals surface area contributed by atoms with Crippen molar-refractivity contribution in [1.82, 2.24) is 4.98 Å². The van der Waals surface area contributed by atoms with Crippen molar-refractivity contribution in [3.05, 3.63) is 27.9 Å². The standard InChI is InChI=1S/C15H25N3O2/c1-12(2)8-6-4-5-7-10-16-15-14(18(19)20)13(3)9-11-17-15/h9,11-12H,4-8,10H2,1-3H3,(H,16,17). The van der Waals surface area contributed by atoms with Crippen LogP contribution in [0.25, 0.3) is 0 Å². The molecule has 1 N–H and O–H groups in total. The monoisotopic (exact) mass is 279 g/mol. The lowest BCUT2D eigenvalue weighted by molar-refractivity contribution is -0.384. The van der Waals surface area contributed by atoms with Crippen LogP contribution in [-0.2, 0) is 0 Å². The molecule has 0 aliphatic rings. The van der Waals surface area contributed by atoms with E-state index in [4.69, 9.17) is 0 Å². The van der Waals surface area contributed by atoms with E-state index < -0.39 is 0 Å². The molecule has 0 aromatic carbocycles. The van der Waals surface area contributed by atoms with Crippen LogP contribution in [0.1, 0.15) is 51.5 Å². The zero-order chi connectivity index (χ0) is 15.0. The number of hydrogen-bond donors (Lipinski definition) is 1. The Labute approximate surface area is 121 Å². The number of pyridine rings is 1.